The Morgan fingerprint density at radius 2 is 1.88 bits per heavy atom. The zero-order valence-corrected chi connectivity index (χ0v) is 23.4. The van der Waals surface area contributed by atoms with Gasteiger partial charge in [-0.05, 0) is 72.4 Å². The Morgan fingerprint density at radius 1 is 1.07 bits per heavy atom. The van der Waals surface area contributed by atoms with Crippen molar-refractivity contribution in [3.63, 3.8) is 0 Å². The summed E-state index contributed by atoms with van der Waals surface area (Å²) in [6.45, 7) is 2.11. The number of benzene rings is 3. The number of esters is 1. The van der Waals surface area contributed by atoms with Gasteiger partial charge in [0.05, 0.1) is 29.3 Å². The molecule has 2 atom stereocenters. The highest BCUT2D eigenvalue weighted by molar-refractivity contribution is 6.31. The highest BCUT2D eigenvalue weighted by Crippen LogP contribution is 2.38. The molecule has 0 aromatic heterocycles. The van der Waals surface area contributed by atoms with Crippen LogP contribution in [0.2, 0.25) is 5.02 Å². The van der Waals surface area contributed by atoms with Crippen LogP contribution in [0.5, 0.6) is 0 Å². The van der Waals surface area contributed by atoms with E-state index in [1.54, 1.807) is 23.1 Å². The third-order valence-corrected chi connectivity index (χ3v) is 8.08. The quantitative estimate of drug-likeness (QED) is 0.264. The molecule has 2 aliphatic heterocycles. The molecule has 2 bridgehead atoms. The normalized spacial score (nSPS) is 19.3. The van der Waals surface area contributed by atoms with E-state index in [9.17, 15) is 23.2 Å². The maximum atomic E-state index is 14.7. The first-order valence-electron chi connectivity index (χ1n) is 13.5. The number of carbonyl (C=O) groups is 3. The molecular weight excluding hydrogens is 550 g/mol. The summed E-state index contributed by atoms with van der Waals surface area (Å²) in [5.41, 5.74) is 3.17. The molecule has 0 saturated heterocycles. The summed E-state index contributed by atoms with van der Waals surface area (Å²) < 4.78 is 34.2. The lowest BCUT2D eigenvalue weighted by Gasteiger charge is -2.35. The van der Waals surface area contributed by atoms with Gasteiger partial charge in [-0.1, -0.05) is 43.1 Å². The summed E-state index contributed by atoms with van der Waals surface area (Å²) in [6.07, 6.45) is 3.40. The Kier molecular flexibility index (Phi) is 8.22. The highest BCUT2D eigenvalue weighted by Gasteiger charge is 2.31. The van der Waals surface area contributed by atoms with Gasteiger partial charge in [0.1, 0.15) is 5.82 Å². The number of rotatable bonds is 3. The van der Waals surface area contributed by atoms with E-state index in [0.29, 0.717) is 36.1 Å². The summed E-state index contributed by atoms with van der Waals surface area (Å²) in [5, 5.41) is 2.80. The van der Waals surface area contributed by atoms with Crippen molar-refractivity contribution in [2.75, 3.05) is 19.0 Å². The average Bonchev–Trinajstić information content (AvgIpc) is 2.97. The minimum atomic E-state index is -0.880. The molecule has 0 saturated carbocycles. The third-order valence-electron chi connectivity index (χ3n) is 7.79. The molecule has 0 radical (unpaired) electrons. The second-order valence-corrected chi connectivity index (χ2v) is 10.8. The van der Waals surface area contributed by atoms with E-state index in [4.69, 9.17) is 16.3 Å². The number of hydrogen-bond donors (Lipinski definition) is 1. The largest absolute Gasteiger partial charge is 0.465 e. The molecule has 1 N–H and O–H groups in total. The molecule has 2 heterocycles. The number of anilines is 1. The highest BCUT2D eigenvalue weighted by atomic mass is 35.5. The molecule has 0 aliphatic carbocycles. The van der Waals surface area contributed by atoms with Crippen molar-refractivity contribution in [3.05, 3.63) is 94.0 Å². The van der Waals surface area contributed by atoms with E-state index in [0.717, 1.165) is 23.3 Å². The molecule has 2 aliphatic rings. The summed E-state index contributed by atoms with van der Waals surface area (Å²) in [6, 6.07) is 14.5. The van der Waals surface area contributed by atoms with E-state index in [1.807, 2.05) is 31.2 Å². The molecule has 9 heteroatoms. The van der Waals surface area contributed by atoms with Crippen molar-refractivity contribution in [1.29, 1.82) is 0 Å². The molecule has 5 rings (SSSR count). The monoisotopic (exact) mass is 578 g/mol. The third kappa shape index (κ3) is 5.75. The fourth-order valence-electron chi connectivity index (χ4n) is 5.54. The lowest BCUT2D eigenvalue weighted by Crippen LogP contribution is -2.37. The number of nitrogens with one attached hydrogen (secondary N) is 1. The van der Waals surface area contributed by atoms with Crippen molar-refractivity contribution in [1.82, 2.24) is 4.90 Å². The van der Waals surface area contributed by atoms with Crippen LogP contribution >= 0.6 is 11.6 Å². The molecule has 41 heavy (non-hydrogen) atoms. The van der Waals surface area contributed by atoms with E-state index in [-0.39, 0.29) is 52.9 Å². The van der Waals surface area contributed by atoms with Gasteiger partial charge in [0, 0.05) is 29.8 Å². The van der Waals surface area contributed by atoms with E-state index >= 15 is 0 Å². The SMILES string of the molecule is COC(=O)c1ccc2c(c1)-c1cccc(c1)C(N1CCC(c3c(F)ccc(Cl)c3F)=CC1=O)CCCC(C)C(=O)N2. The number of carbonyl (C=O) groups excluding carboxylic acids is 3. The average molecular weight is 579 g/mol. The first-order chi connectivity index (χ1) is 19.7. The Labute approximate surface area is 241 Å². The first kappa shape index (κ1) is 28.5. The van der Waals surface area contributed by atoms with Crippen LogP contribution in [0.4, 0.5) is 14.5 Å². The number of ether oxygens (including phenoxy) is 1. The number of hydrogen-bond acceptors (Lipinski definition) is 4. The van der Waals surface area contributed by atoms with Gasteiger partial charge in [0.2, 0.25) is 11.8 Å². The molecule has 6 nitrogen and oxygen atoms in total. The van der Waals surface area contributed by atoms with Crippen molar-refractivity contribution >= 4 is 40.6 Å². The molecule has 2 amide bonds. The van der Waals surface area contributed by atoms with Crippen LogP contribution in [0.1, 0.15) is 60.1 Å². The Balaban J connectivity index is 1.56. The predicted molar refractivity (Wildman–Crippen MR) is 153 cm³/mol. The zero-order chi connectivity index (χ0) is 29.3. The van der Waals surface area contributed by atoms with Crippen molar-refractivity contribution in [3.8, 4) is 11.1 Å². The fraction of sp³-hybridized carbons (Fsp3) is 0.281. The van der Waals surface area contributed by atoms with Crippen LogP contribution in [0.15, 0.2) is 60.7 Å². The molecule has 3 aromatic carbocycles. The summed E-state index contributed by atoms with van der Waals surface area (Å²) in [5.74, 6) is -2.93. The van der Waals surface area contributed by atoms with Gasteiger partial charge in [-0.25, -0.2) is 13.6 Å². The van der Waals surface area contributed by atoms with Gasteiger partial charge in [0.15, 0.2) is 5.82 Å². The number of nitrogens with zero attached hydrogens (tertiary/aromatic N) is 1. The number of amides is 2. The summed E-state index contributed by atoms with van der Waals surface area (Å²) >= 11 is 5.89. The molecule has 2 unspecified atom stereocenters. The van der Waals surface area contributed by atoms with Crippen LogP contribution in [0.25, 0.3) is 16.7 Å². The van der Waals surface area contributed by atoms with Crippen molar-refractivity contribution < 1.29 is 27.9 Å². The van der Waals surface area contributed by atoms with Gasteiger partial charge in [-0.15, -0.1) is 0 Å². The minimum absolute atomic E-state index is 0.141. The molecular formula is C32H29ClF2N2O4. The molecule has 3 aromatic rings. The van der Waals surface area contributed by atoms with Crippen molar-refractivity contribution in [2.24, 2.45) is 5.92 Å². The minimum Gasteiger partial charge on any atom is -0.465 e. The Hall–Kier alpha value is -4.04. The second kappa shape index (κ2) is 11.8. The van der Waals surface area contributed by atoms with Gasteiger partial charge < -0.3 is 15.0 Å². The van der Waals surface area contributed by atoms with Crippen LogP contribution in [0, 0.1) is 17.6 Å². The molecule has 212 valence electrons. The van der Waals surface area contributed by atoms with Gasteiger partial charge >= 0.3 is 5.97 Å². The predicted octanol–water partition coefficient (Wildman–Crippen LogP) is 7.19. The smallest absolute Gasteiger partial charge is 0.337 e. The van der Waals surface area contributed by atoms with Crippen LogP contribution in [0.3, 0.4) is 0 Å². The van der Waals surface area contributed by atoms with E-state index < -0.39 is 17.6 Å². The Morgan fingerprint density at radius 3 is 2.63 bits per heavy atom. The Bertz CT molecular complexity index is 1570. The standard InChI is InChI=1S/C32H29ClF2N2O4/c1-18-5-3-8-27(37-14-13-21(17-28(37)38)29-25(34)11-10-24(33)30(29)35)20-7-4-6-19(15-20)23-16-22(32(40)41-2)9-12-26(23)36-31(18)39/h4,6-7,9-12,15-18,27H,3,5,8,13-14H2,1-2H3,(H,36,39). The molecule has 0 spiro atoms. The van der Waals surface area contributed by atoms with Gasteiger partial charge in [0.25, 0.3) is 0 Å². The van der Waals surface area contributed by atoms with Crippen LogP contribution in [-0.2, 0) is 14.3 Å². The second-order valence-electron chi connectivity index (χ2n) is 10.4. The van der Waals surface area contributed by atoms with E-state index in [2.05, 4.69) is 5.32 Å². The lowest BCUT2D eigenvalue weighted by molar-refractivity contribution is -0.129. The maximum absolute atomic E-state index is 14.7. The number of methoxy groups -OCH3 is 1. The lowest BCUT2D eigenvalue weighted by atomic mass is 9.90. The first-order valence-corrected chi connectivity index (χ1v) is 13.8. The van der Waals surface area contributed by atoms with Crippen LogP contribution in [-0.4, -0.2) is 36.3 Å². The summed E-state index contributed by atoms with van der Waals surface area (Å²) in [7, 11) is 1.31. The summed E-state index contributed by atoms with van der Waals surface area (Å²) in [4.78, 5) is 40.5. The topological polar surface area (TPSA) is 75.7 Å². The fourth-order valence-corrected chi connectivity index (χ4v) is 5.70. The zero-order valence-electron chi connectivity index (χ0n) is 22.7. The molecule has 0 fully saturated rings. The number of fused-ring (bicyclic) bond motifs is 4. The van der Waals surface area contributed by atoms with Gasteiger partial charge in [-0.3, -0.25) is 9.59 Å². The van der Waals surface area contributed by atoms with Crippen LogP contribution < -0.4 is 5.32 Å². The van der Waals surface area contributed by atoms with Crippen molar-refractivity contribution in [2.45, 2.75) is 38.6 Å². The number of halogens is 3. The van der Waals surface area contributed by atoms with Gasteiger partial charge in [-0.2, -0.15) is 0 Å². The maximum Gasteiger partial charge on any atom is 0.337 e. The van der Waals surface area contributed by atoms with E-state index in [1.165, 1.54) is 13.2 Å².